The minimum absolute atomic E-state index is 0.0112. The van der Waals surface area contributed by atoms with E-state index in [4.69, 9.17) is 14.2 Å². The molecule has 0 aliphatic carbocycles. The predicted molar refractivity (Wildman–Crippen MR) is 71.8 cm³/mol. The van der Waals surface area contributed by atoms with Crippen LogP contribution >= 0.6 is 0 Å². The molecule has 20 heavy (non-hydrogen) atoms. The molecule has 0 amide bonds. The fraction of sp³-hybridized carbons (Fsp3) is 0.643. The molecule has 0 radical (unpaired) electrons. The maximum Gasteiger partial charge on any atom is 0.308 e. The van der Waals surface area contributed by atoms with Crippen molar-refractivity contribution in [3.05, 3.63) is 12.7 Å². The Kier molecular flexibility index (Phi) is 10.00. The van der Waals surface area contributed by atoms with Crippen LogP contribution in [0.3, 0.4) is 0 Å². The van der Waals surface area contributed by atoms with Crippen molar-refractivity contribution < 1.29 is 28.6 Å². The van der Waals surface area contributed by atoms with Crippen LogP contribution in [0.25, 0.3) is 0 Å². The molecule has 0 aliphatic rings. The number of hydrogen-bond donors (Lipinski definition) is 0. The molecular formula is C14H22O6. The van der Waals surface area contributed by atoms with Crippen molar-refractivity contribution in [2.75, 3.05) is 19.8 Å². The van der Waals surface area contributed by atoms with Crippen molar-refractivity contribution in [2.24, 2.45) is 5.92 Å². The van der Waals surface area contributed by atoms with Crippen molar-refractivity contribution in [1.82, 2.24) is 0 Å². The third-order valence-corrected chi connectivity index (χ3v) is 2.50. The van der Waals surface area contributed by atoms with Gasteiger partial charge in [-0.05, 0) is 6.42 Å². The number of esters is 3. The smallest absolute Gasteiger partial charge is 0.308 e. The second-order valence-electron chi connectivity index (χ2n) is 4.17. The highest BCUT2D eigenvalue weighted by molar-refractivity contribution is 5.77. The van der Waals surface area contributed by atoms with E-state index in [-0.39, 0.29) is 44.5 Å². The zero-order valence-electron chi connectivity index (χ0n) is 12.1. The molecule has 6 nitrogen and oxygen atoms in total. The summed E-state index contributed by atoms with van der Waals surface area (Å²) in [4.78, 5) is 33.7. The topological polar surface area (TPSA) is 78.9 Å². The lowest BCUT2D eigenvalue weighted by molar-refractivity contribution is -0.155. The van der Waals surface area contributed by atoms with Gasteiger partial charge >= 0.3 is 17.9 Å². The van der Waals surface area contributed by atoms with Gasteiger partial charge in [-0.15, -0.1) is 0 Å². The van der Waals surface area contributed by atoms with Crippen LogP contribution in [0.2, 0.25) is 0 Å². The molecule has 114 valence electrons. The van der Waals surface area contributed by atoms with Crippen molar-refractivity contribution in [1.29, 1.82) is 0 Å². The van der Waals surface area contributed by atoms with Gasteiger partial charge in [0.25, 0.3) is 0 Å². The van der Waals surface area contributed by atoms with Gasteiger partial charge in [-0.2, -0.15) is 0 Å². The summed E-state index contributed by atoms with van der Waals surface area (Å²) < 4.78 is 14.4. The Morgan fingerprint density at radius 1 is 1.05 bits per heavy atom. The van der Waals surface area contributed by atoms with Crippen LogP contribution in [0, 0.1) is 5.92 Å². The molecule has 0 N–H and O–H groups in total. The lowest BCUT2D eigenvalue weighted by atomic mass is 10.1. The average molecular weight is 286 g/mol. The van der Waals surface area contributed by atoms with E-state index in [1.54, 1.807) is 6.92 Å². The zero-order chi connectivity index (χ0) is 15.4. The summed E-state index contributed by atoms with van der Waals surface area (Å²) in [5.74, 6) is -1.48. The van der Waals surface area contributed by atoms with Crippen LogP contribution in [0.5, 0.6) is 0 Å². The normalized spacial score (nSPS) is 11.3. The summed E-state index contributed by atoms with van der Waals surface area (Å²) >= 11 is 0. The molecule has 1 unspecified atom stereocenters. The Labute approximate surface area is 119 Å². The van der Waals surface area contributed by atoms with Crippen molar-refractivity contribution >= 4 is 17.9 Å². The standard InChI is InChI=1S/C14H22O6/c1-4-8-18-12(15)6-7-13(16)19-9-10-20-14(17)11(3)5-2/h4,11H,1,5-10H2,2-3H3. The van der Waals surface area contributed by atoms with Crippen molar-refractivity contribution in [3.8, 4) is 0 Å². The van der Waals surface area contributed by atoms with E-state index < -0.39 is 11.9 Å². The Bertz CT molecular complexity index is 337. The Balaban J connectivity index is 3.61. The molecule has 0 saturated carbocycles. The third kappa shape index (κ3) is 9.13. The minimum Gasteiger partial charge on any atom is -0.462 e. The molecule has 0 aliphatic heterocycles. The lowest BCUT2D eigenvalue weighted by Crippen LogP contribution is -2.18. The maximum atomic E-state index is 11.3. The number of carbonyl (C=O) groups is 3. The summed E-state index contributed by atoms with van der Waals surface area (Å²) in [6.07, 6.45) is 2.04. The monoisotopic (exact) mass is 286 g/mol. The van der Waals surface area contributed by atoms with E-state index in [2.05, 4.69) is 6.58 Å². The Hall–Kier alpha value is -1.85. The van der Waals surface area contributed by atoms with E-state index in [0.717, 1.165) is 0 Å². The van der Waals surface area contributed by atoms with Gasteiger partial charge in [0, 0.05) is 0 Å². The Morgan fingerprint density at radius 3 is 2.15 bits per heavy atom. The van der Waals surface area contributed by atoms with Gasteiger partial charge in [-0.1, -0.05) is 26.5 Å². The third-order valence-electron chi connectivity index (χ3n) is 2.50. The molecule has 0 aromatic carbocycles. The number of hydrogen-bond acceptors (Lipinski definition) is 6. The first-order valence-electron chi connectivity index (χ1n) is 6.60. The van der Waals surface area contributed by atoms with Gasteiger partial charge in [-0.3, -0.25) is 14.4 Å². The summed E-state index contributed by atoms with van der Waals surface area (Å²) in [6, 6.07) is 0. The predicted octanol–water partition coefficient (Wildman–Crippen LogP) is 1.63. The van der Waals surface area contributed by atoms with Gasteiger partial charge < -0.3 is 14.2 Å². The van der Waals surface area contributed by atoms with Gasteiger partial charge in [0.2, 0.25) is 0 Å². The fourth-order valence-corrected chi connectivity index (χ4v) is 1.11. The van der Waals surface area contributed by atoms with E-state index in [9.17, 15) is 14.4 Å². The van der Waals surface area contributed by atoms with Crippen LogP contribution in [0.1, 0.15) is 33.1 Å². The van der Waals surface area contributed by atoms with Crippen molar-refractivity contribution in [2.45, 2.75) is 33.1 Å². The maximum absolute atomic E-state index is 11.3. The first-order chi connectivity index (χ1) is 9.51. The van der Waals surface area contributed by atoms with E-state index >= 15 is 0 Å². The van der Waals surface area contributed by atoms with Crippen molar-refractivity contribution in [3.63, 3.8) is 0 Å². The summed E-state index contributed by atoms with van der Waals surface area (Å²) in [5.41, 5.74) is 0. The molecule has 0 heterocycles. The van der Waals surface area contributed by atoms with Gasteiger partial charge in [0.05, 0.1) is 18.8 Å². The molecule has 0 rings (SSSR count). The molecule has 0 aromatic heterocycles. The molecule has 0 bridgehead atoms. The highest BCUT2D eigenvalue weighted by Crippen LogP contribution is 2.03. The van der Waals surface area contributed by atoms with E-state index in [1.165, 1.54) is 6.08 Å². The van der Waals surface area contributed by atoms with E-state index in [1.807, 2.05) is 6.92 Å². The molecule has 1 atom stereocenters. The minimum atomic E-state index is -0.528. The van der Waals surface area contributed by atoms with Gasteiger partial charge in [0.1, 0.15) is 19.8 Å². The highest BCUT2D eigenvalue weighted by Gasteiger charge is 2.12. The second kappa shape index (κ2) is 11.0. The largest absolute Gasteiger partial charge is 0.462 e. The van der Waals surface area contributed by atoms with Crippen LogP contribution in [0.4, 0.5) is 0 Å². The van der Waals surface area contributed by atoms with E-state index in [0.29, 0.717) is 6.42 Å². The summed E-state index contributed by atoms with van der Waals surface area (Å²) in [5, 5.41) is 0. The molecular weight excluding hydrogens is 264 g/mol. The van der Waals surface area contributed by atoms with Gasteiger partial charge in [-0.25, -0.2) is 0 Å². The van der Waals surface area contributed by atoms with Crippen LogP contribution in [0.15, 0.2) is 12.7 Å². The van der Waals surface area contributed by atoms with Crippen LogP contribution in [-0.4, -0.2) is 37.7 Å². The van der Waals surface area contributed by atoms with Crippen LogP contribution in [-0.2, 0) is 28.6 Å². The molecule has 0 aromatic rings. The lowest BCUT2D eigenvalue weighted by Gasteiger charge is -2.09. The fourth-order valence-electron chi connectivity index (χ4n) is 1.11. The molecule has 6 heteroatoms. The molecule has 0 fully saturated rings. The first-order valence-corrected chi connectivity index (χ1v) is 6.60. The number of ether oxygens (including phenoxy) is 3. The number of carbonyl (C=O) groups excluding carboxylic acids is 3. The Morgan fingerprint density at radius 2 is 1.60 bits per heavy atom. The quantitative estimate of drug-likeness (QED) is 0.263. The highest BCUT2D eigenvalue weighted by atomic mass is 16.6. The average Bonchev–Trinajstić information content (AvgIpc) is 2.46. The molecule has 0 spiro atoms. The van der Waals surface area contributed by atoms with Crippen LogP contribution < -0.4 is 0 Å². The SMILES string of the molecule is C=CCOC(=O)CCC(=O)OCCOC(=O)C(C)CC. The second-order valence-corrected chi connectivity index (χ2v) is 4.17. The summed E-state index contributed by atoms with van der Waals surface area (Å²) in [6.45, 7) is 7.19. The van der Waals surface area contributed by atoms with Gasteiger partial charge in [0.15, 0.2) is 0 Å². The molecule has 0 saturated heterocycles. The first kappa shape index (κ1) is 18.1. The zero-order valence-corrected chi connectivity index (χ0v) is 12.1. The summed E-state index contributed by atoms with van der Waals surface area (Å²) in [7, 11) is 0. The number of rotatable bonds is 10.